The van der Waals surface area contributed by atoms with Crippen LogP contribution in [0.15, 0.2) is 84.9 Å². The molecule has 1 aliphatic rings. The molecule has 0 aliphatic carbocycles. The van der Waals surface area contributed by atoms with Crippen LogP contribution in [-0.2, 0) is 12.1 Å². The summed E-state index contributed by atoms with van der Waals surface area (Å²) in [6, 6.07) is 27.9. The highest BCUT2D eigenvalue weighted by Gasteiger charge is 2.38. The minimum atomic E-state index is -1.23. The second-order valence-corrected chi connectivity index (χ2v) is 7.07. The van der Waals surface area contributed by atoms with Crippen molar-refractivity contribution in [3.8, 4) is 0 Å². The average molecular weight is 375 g/mol. The molecule has 1 aliphatic heterocycles. The summed E-state index contributed by atoms with van der Waals surface area (Å²) < 4.78 is 13.9. The van der Waals surface area contributed by atoms with Gasteiger partial charge in [0.05, 0.1) is 0 Å². The highest BCUT2D eigenvalue weighted by molar-refractivity contribution is 5.95. The molecule has 3 aromatic rings. The van der Waals surface area contributed by atoms with E-state index in [4.69, 9.17) is 0 Å². The van der Waals surface area contributed by atoms with Crippen LogP contribution in [0.3, 0.4) is 0 Å². The van der Waals surface area contributed by atoms with Crippen LogP contribution in [-0.4, -0.2) is 18.9 Å². The van der Waals surface area contributed by atoms with Gasteiger partial charge < -0.3 is 5.32 Å². The first-order chi connectivity index (χ1) is 13.6. The first-order valence-electron chi connectivity index (χ1n) is 9.72. The van der Waals surface area contributed by atoms with E-state index in [1.807, 2.05) is 6.92 Å². The lowest BCUT2D eigenvalue weighted by atomic mass is 9.89. The quantitative estimate of drug-likeness (QED) is 0.611. The van der Waals surface area contributed by atoms with Crippen molar-refractivity contribution in [1.29, 1.82) is 0 Å². The molecule has 2 nitrogen and oxygen atoms in total. The average Bonchev–Trinajstić information content (AvgIpc) is 2.73. The Bertz CT molecular complexity index is 834. The van der Waals surface area contributed by atoms with Crippen LogP contribution < -0.4 is 5.32 Å². The minimum absolute atomic E-state index is 0.0983. The number of carbonyl (C=O) groups excluding carboxylic acids is 1. The van der Waals surface area contributed by atoms with E-state index in [0.29, 0.717) is 30.6 Å². The fraction of sp³-hybridized carbons (Fsp3) is 0.240. The number of hydrogen-bond acceptors (Lipinski definition) is 2. The Balaban J connectivity index is 0.000000162. The zero-order chi connectivity index (χ0) is 19.8. The van der Waals surface area contributed by atoms with Gasteiger partial charge in [0, 0.05) is 25.1 Å². The van der Waals surface area contributed by atoms with Gasteiger partial charge >= 0.3 is 0 Å². The zero-order valence-electron chi connectivity index (χ0n) is 16.2. The summed E-state index contributed by atoms with van der Waals surface area (Å²) in [5.74, 6) is 0.0983. The molecule has 0 bridgehead atoms. The van der Waals surface area contributed by atoms with Gasteiger partial charge in [-0.25, -0.2) is 4.39 Å². The van der Waals surface area contributed by atoms with Crippen molar-refractivity contribution in [3.63, 3.8) is 0 Å². The number of benzene rings is 3. The number of halogens is 1. The highest BCUT2D eigenvalue weighted by Crippen LogP contribution is 2.30. The number of Topliss-reactive ketones (excluding diaryl/α,β-unsaturated/α-hetero) is 1. The minimum Gasteiger partial charge on any atom is -0.310 e. The van der Waals surface area contributed by atoms with Gasteiger partial charge in [-0.1, -0.05) is 91.9 Å². The number of nitrogens with one attached hydrogen (secondary N) is 1. The van der Waals surface area contributed by atoms with Gasteiger partial charge in [-0.3, -0.25) is 4.79 Å². The Morgan fingerprint density at radius 2 is 1.36 bits per heavy atom. The van der Waals surface area contributed by atoms with Crippen LogP contribution in [0.1, 0.15) is 40.4 Å². The Morgan fingerprint density at radius 1 is 0.857 bits per heavy atom. The van der Waals surface area contributed by atoms with Gasteiger partial charge in [-0.2, -0.15) is 0 Å². The number of ketones is 1. The Morgan fingerprint density at radius 3 is 1.75 bits per heavy atom. The van der Waals surface area contributed by atoms with Crippen LogP contribution in [0.25, 0.3) is 0 Å². The van der Waals surface area contributed by atoms with Gasteiger partial charge in [0.15, 0.2) is 11.5 Å². The second-order valence-electron chi connectivity index (χ2n) is 7.07. The summed E-state index contributed by atoms with van der Waals surface area (Å²) >= 11 is 0. The monoisotopic (exact) mass is 375 g/mol. The number of hydrogen-bond donors (Lipinski definition) is 1. The fourth-order valence-electron chi connectivity index (χ4n) is 3.13. The maximum absolute atomic E-state index is 13.9. The van der Waals surface area contributed by atoms with Crippen molar-refractivity contribution in [1.82, 2.24) is 5.32 Å². The molecule has 0 aromatic heterocycles. The molecule has 0 saturated carbocycles. The van der Waals surface area contributed by atoms with Crippen molar-refractivity contribution in [2.45, 2.75) is 25.4 Å². The number of alkyl halides is 1. The Labute approximate surface area is 166 Å². The van der Waals surface area contributed by atoms with Crippen LogP contribution in [0.2, 0.25) is 0 Å². The maximum Gasteiger partial charge on any atom is 0.162 e. The van der Waals surface area contributed by atoms with Crippen LogP contribution >= 0.6 is 0 Å². The van der Waals surface area contributed by atoms with Crippen molar-refractivity contribution in [2.75, 3.05) is 13.1 Å². The first-order valence-corrected chi connectivity index (χ1v) is 9.72. The molecule has 0 radical (unpaired) electrons. The van der Waals surface area contributed by atoms with Crippen LogP contribution in [0.5, 0.6) is 0 Å². The van der Waals surface area contributed by atoms with E-state index in [0.717, 1.165) is 6.42 Å². The Hall–Kier alpha value is -2.78. The fourth-order valence-corrected chi connectivity index (χ4v) is 3.13. The van der Waals surface area contributed by atoms with Gasteiger partial charge in [-0.05, 0) is 23.1 Å². The lowest BCUT2D eigenvalue weighted by Crippen LogP contribution is -2.53. The van der Waals surface area contributed by atoms with Crippen molar-refractivity contribution in [3.05, 3.63) is 107 Å². The third kappa shape index (κ3) is 5.14. The topological polar surface area (TPSA) is 29.1 Å². The lowest BCUT2D eigenvalue weighted by Gasteiger charge is -2.35. The largest absolute Gasteiger partial charge is 0.310 e. The summed E-state index contributed by atoms with van der Waals surface area (Å²) in [4.78, 5) is 11.4. The van der Waals surface area contributed by atoms with E-state index in [-0.39, 0.29) is 5.78 Å². The first kappa shape index (κ1) is 20.0. The molecule has 1 fully saturated rings. The third-order valence-corrected chi connectivity index (χ3v) is 4.95. The van der Waals surface area contributed by atoms with Crippen molar-refractivity contribution in [2.24, 2.45) is 0 Å². The highest BCUT2D eigenvalue weighted by atomic mass is 19.1. The molecule has 1 N–H and O–H groups in total. The smallest absolute Gasteiger partial charge is 0.162 e. The summed E-state index contributed by atoms with van der Waals surface area (Å²) in [6.45, 7) is 2.56. The normalized spacial score (nSPS) is 14.4. The summed E-state index contributed by atoms with van der Waals surface area (Å²) in [5, 5.41) is 2.91. The standard InChI is InChI=1S/C13H12.C12H14FNO/c1-3-7-12(8-4-1)11-13-9-5-2-6-10-13;1-2-11(15)9-3-5-10(6-4-9)12(13)7-14-8-12/h1-10H,11H2;3-6,14H,2,7-8H2,1H3. The molecule has 3 heteroatoms. The molecule has 3 aromatic carbocycles. The molecule has 1 saturated heterocycles. The number of rotatable bonds is 5. The van der Waals surface area contributed by atoms with E-state index in [9.17, 15) is 9.18 Å². The van der Waals surface area contributed by atoms with E-state index in [2.05, 4.69) is 66.0 Å². The molecular formula is C25H26FNO. The predicted molar refractivity (Wildman–Crippen MR) is 112 cm³/mol. The molecule has 28 heavy (non-hydrogen) atoms. The molecule has 1 heterocycles. The number of carbonyl (C=O) groups is 1. The van der Waals surface area contributed by atoms with Crippen LogP contribution in [0, 0.1) is 0 Å². The SMILES string of the molecule is CCC(=O)c1ccc(C2(F)CNC2)cc1.c1ccc(Cc2ccccc2)cc1. The van der Waals surface area contributed by atoms with E-state index in [1.165, 1.54) is 11.1 Å². The maximum atomic E-state index is 13.9. The van der Waals surface area contributed by atoms with Crippen molar-refractivity contribution >= 4 is 5.78 Å². The molecular weight excluding hydrogens is 349 g/mol. The molecule has 0 unspecified atom stereocenters. The van der Waals surface area contributed by atoms with Crippen LogP contribution in [0.4, 0.5) is 4.39 Å². The molecule has 144 valence electrons. The molecule has 0 spiro atoms. The van der Waals surface area contributed by atoms with Crippen molar-refractivity contribution < 1.29 is 9.18 Å². The third-order valence-electron chi connectivity index (χ3n) is 4.95. The lowest BCUT2D eigenvalue weighted by molar-refractivity contribution is 0.0889. The zero-order valence-corrected chi connectivity index (χ0v) is 16.2. The van der Waals surface area contributed by atoms with Gasteiger partial charge in [0.2, 0.25) is 0 Å². The van der Waals surface area contributed by atoms with Gasteiger partial charge in [0.25, 0.3) is 0 Å². The molecule has 0 amide bonds. The summed E-state index contributed by atoms with van der Waals surface area (Å²) in [6.07, 6.45) is 1.52. The van der Waals surface area contributed by atoms with E-state index in [1.54, 1.807) is 24.3 Å². The van der Waals surface area contributed by atoms with E-state index >= 15 is 0 Å². The summed E-state index contributed by atoms with van der Waals surface area (Å²) in [7, 11) is 0. The van der Waals surface area contributed by atoms with Gasteiger partial charge in [-0.15, -0.1) is 0 Å². The second kappa shape index (κ2) is 9.43. The molecule has 4 rings (SSSR count). The van der Waals surface area contributed by atoms with Gasteiger partial charge in [0.1, 0.15) is 0 Å². The summed E-state index contributed by atoms with van der Waals surface area (Å²) in [5.41, 5.74) is 2.83. The predicted octanol–water partition coefficient (Wildman–Crippen LogP) is 5.32. The van der Waals surface area contributed by atoms with E-state index < -0.39 is 5.67 Å². The molecule has 0 atom stereocenters. The Kier molecular flexibility index (Phi) is 6.72.